The summed E-state index contributed by atoms with van der Waals surface area (Å²) in [6.07, 6.45) is 0.899. The fourth-order valence-corrected chi connectivity index (χ4v) is 1.54. The van der Waals surface area contributed by atoms with Gasteiger partial charge in [-0.05, 0) is 37.3 Å². The Kier molecular flexibility index (Phi) is 4.14. The van der Waals surface area contributed by atoms with E-state index in [4.69, 9.17) is 14.6 Å². The van der Waals surface area contributed by atoms with Crippen LogP contribution in [0, 0.1) is 5.82 Å². The van der Waals surface area contributed by atoms with Gasteiger partial charge in [0.25, 0.3) is 0 Å². The molecule has 0 saturated carbocycles. The molecule has 1 aromatic carbocycles. The molecule has 0 bridgehead atoms. The number of benzene rings is 1. The zero-order valence-corrected chi connectivity index (χ0v) is 10.7. The first-order valence-electron chi connectivity index (χ1n) is 5.89. The number of rotatable bonds is 5. The first-order chi connectivity index (χ1) is 9.60. The number of carboxylic acid groups (broad SMARTS) is 1. The summed E-state index contributed by atoms with van der Waals surface area (Å²) in [5.41, 5.74) is -0.334. The molecule has 0 radical (unpaired) electrons. The summed E-state index contributed by atoms with van der Waals surface area (Å²) in [5, 5.41) is 8.98. The molecule has 2 rings (SSSR count). The van der Waals surface area contributed by atoms with Crippen LogP contribution in [-0.4, -0.2) is 22.7 Å². The molecule has 2 aromatic rings. The topological polar surface area (TPSA) is 68.7 Å². The Labute approximate surface area is 114 Å². The number of nitrogens with zero attached hydrogens (tertiary/aromatic N) is 1. The van der Waals surface area contributed by atoms with Crippen LogP contribution in [0.4, 0.5) is 4.39 Å². The van der Waals surface area contributed by atoms with Crippen molar-refractivity contribution in [2.45, 2.75) is 6.92 Å². The number of aromatic nitrogens is 1. The van der Waals surface area contributed by atoms with E-state index in [2.05, 4.69) is 4.98 Å². The molecule has 5 nitrogen and oxygen atoms in total. The average Bonchev–Trinajstić information content (AvgIpc) is 2.43. The van der Waals surface area contributed by atoms with E-state index >= 15 is 0 Å². The third kappa shape index (κ3) is 3.23. The highest BCUT2D eigenvalue weighted by molar-refractivity contribution is 5.90. The summed E-state index contributed by atoms with van der Waals surface area (Å²) in [6.45, 7) is 2.41. The molecule has 1 aromatic heterocycles. The summed E-state index contributed by atoms with van der Waals surface area (Å²) < 4.78 is 23.6. The van der Waals surface area contributed by atoms with Crippen LogP contribution in [-0.2, 0) is 0 Å². The van der Waals surface area contributed by atoms with Crippen LogP contribution in [0.25, 0.3) is 0 Å². The summed E-state index contributed by atoms with van der Waals surface area (Å²) >= 11 is 0. The first kappa shape index (κ1) is 13.8. The molecule has 0 aliphatic heterocycles. The number of pyridine rings is 1. The predicted molar refractivity (Wildman–Crippen MR) is 68.8 cm³/mol. The van der Waals surface area contributed by atoms with Gasteiger partial charge in [-0.2, -0.15) is 0 Å². The average molecular weight is 277 g/mol. The van der Waals surface area contributed by atoms with Gasteiger partial charge >= 0.3 is 5.97 Å². The Bertz CT molecular complexity index is 613. The van der Waals surface area contributed by atoms with E-state index in [1.165, 1.54) is 0 Å². The fraction of sp³-hybridized carbons (Fsp3) is 0.143. The van der Waals surface area contributed by atoms with Gasteiger partial charge in [0.2, 0.25) is 5.88 Å². The van der Waals surface area contributed by atoms with Crippen molar-refractivity contribution in [2.75, 3.05) is 6.61 Å². The lowest BCUT2D eigenvalue weighted by atomic mass is 10.2. The van der Waals surface area contributed by atoms with Crippen LogP contribution < -0.4 is 9.47 Å². The lowest BCUT2D eigenvalue weighted by Gasteiger charge is -2.08. The lowest BCUT2D eigenvalue weighted by molar-refractivity contribution is 0.0692. The standard InChI is InChI=1S/C14H12FNO4/c1-2-19-10-3-5-11(6-4-10)20-13-12(14(17)18)7-9(15)8-16-13/h3-8H,2H2,1H3,(H,17,18). The van der Waals surface area contributed by atoms with Gasteiger partial charge < -0.3 is 14.6 Å². The molecule has 0 spiro atoms. The largest absolute Gasteiger partial charge is 0.494 e. The molecule has 1 N–H and O–H groups in total. The van der Waals surface area contributed by atoms with Gasteiger partial charge in [-0.15, -0.1) is 0 Å². The second kappa shape index (κ2) is 6.01. The zero-order valence-electron chi connectivity index (χ0n) is 10.7. The van der Waals surface area contributed by atoms with Crippen LogP contribution in [0.3, 0.4) is 0 Å². The maximum absolute atomic E-state index is 13.0. The van der Waals surface area contributed by atoms with Gasteiger partial charge in [0.05, 0.1) is 12.8 Å². The highest BCUT2D eigenvalue weighted by Crippen LogP contribution is 2.25. The molecule has 0 aliphatic rings. The van der Waals surface area contributed by atoms with E-state index in [0.29, 0.717) is 18.1 Å². The van der Waals surface area contributed by atoms with E-state index < -0.39 is 11.8 Å². The molecule has 104 valence electrons. The molecule has 0 unspecified atom stereocenters. The highest BCUT2D eigenvalue weighted by atomic mass is 19.1. The third-order valence-corrected chi connectivity index (χ3v) is 2.40. The molecule has 6 heteroatoms. The number of hydrogen-bond acceptors (Lipinski definition) is 4. The van der Waals surface area contributed by atoms with Gasteiger partial charge in [0.15, 0.2) is 0 Å². The molecule has 0 fully saturated rings. The fourth-order valence-electron chi connectivity index (χ4n) is 1.54. The van der Waals surface area contributed by atoms with Crippen LogP contribution in [0.15, 0.2) is 36.5 Å². The Morgan fingerprint density at radius 2 is 1.95 bits per heavy atom. The van der Waals surface area contributed by atoms with Crippen LogP contribution >= 0.6 is 0 Å². The number of hydrogen-bond donors (Lipinski definition) is 1. The van der Waals surface area contributed by atoms with E-state index in [1.54, 1.807) is 24.3 Å². The zero-order chi connectivity index (χ0) is 14.5. The highest BCUT2D eigenvalue weighted by Gasteiger charge is 2.15. The summed E-state index contributed by atoms with van der Waals surface area (Å²) in [4.78, 5) is 14.6. The normalized spacial score (nSPS) is 10.1. The van der Waals surface area contributed by atoms with Crippen molar-refractivity contribution in [3.05, 3.63) is 47.9 Å². The Balaban J connectivity index is 2.23. The van der Waals surface area contributed by atoms with E-state index in [-0.39, 0.29) is 11.4 Å². The van der Waals surface area contributed by atoms with Crippen molar-refractivity contribution >= 4 is 5.97 Å². The Morgan fingerprint density at radius 1 is 1.30 bits per heavy atom. The Morgan fingerprint density at radius 3 is 2.55 bits per heavy atom. The van der Waals surface area contributed by atoms with E-state index in [9.17, 15) is 9.18 Å². The minimum absolute atomic E-state index is 0.164. The summed E-state index contributed by atoms with van der Waals surface area (Å²) in [6, 6.07) is 7.45. The molecule has 0 aliphatic carbocycles. The molecule has 0 saturated heterocycles. The Hall–Kier alpha value is -2.63. The smallest absolute Gasteiger partial charge is 0.341 e. The van der Waals surface area contributed by atoms with Crippen molar-refractivity contribution in [3.8, 4) is 17.4 Å². The monoisotopic (exact) mass is 277 g/mol. The van der Waals surface area contributed by atoms with Crippen molar-refractivity contribution in [1.29, 1.82) is 0 Å². The lowest BCUT2D eigenvalue weighted by Crippen LogP contribution is -2.03. The number of halogens is 1. The second-order valence-corrected chi connectivity index (χ2v) is 3.82. The van der Waals surface area contributed by atoms with Gasteiger partial charge in [0.1, 0.15) is 22.9 Å². The number of carbonyl (C=O) groups is 1. The van der Waals surface area contributed by atoms with E-state index in [1.807, 2.05) is 6.92 Å². The molecular formula is C14H12FNO4. The number of carboxylic acids is 1. The quantitative estimate of drug-likeness (QED) is 0.909. The molecule has 0 amide bonds. The van der Waals surface area contributed by atoms with Crippen LogP contribution in [0.1, 0.15) is 17.3 Å². The van der Waals surface area contributed by atoms with Crippen molar-refractivity contribution < 1.29 is 23.8 Å². The third-order valence-electron chi connectivity index (χ3n) is 2.40. The van der Waals surface area contributed by atoms with Crippen LogP contribution in [0.2, 0.25) is 0 Å². The van der Waals surface area contributed by atoms with Gasteiger partial charge in [0, 0.05) is 0 Å². The van der Waals surface area contributed by atoms with Gasteiger partial charge in [-0.1, -0.05) is 0 Å². The minimum Gasteiger partial charge on any atom is -0.494 e. The van der Waals surface area contributed by atoms with Crippen molar-refractivity contribution in [3.63, 3.8) is 0 Å². The van der Waals surface area contributed by atoms with Crippen molar-refractivity contribution in [1.82, 2.24) is 4.98 Å². The maximum Gasteiger partial charge on any atom is 0.341 e. The summed E-state index contributed by atoms with van der Waals surface area (Å²) in [5.74, 6) is -1.15. The number of ether oxygens (including phenoxy) is 2. The molecular weight excluding hydrogens is 265 g/mol. The first-order valence-corrected chi connectivity index (χ1v) is 5.89. The van der Waals surface area contributed by atoms with Crippen molar-refractivity contribution in [2.24, 2.45) is 0 Å². The van der Waals surface area contributed by atoms with Crippen LogP contribution in [0.5, 0.6) is 17.4 Å². The number of aromatic carboxylic acids is 1. The molecule has 0 atom stereocenters. The molecule has 20 heavy (non-hydrogen) atoms. The summed E-state index contributed by atoms with van der Waals surface area (Å²) in [7, 11) is 0. The second-order valence-electron chi connectivity index (χ2n) is 3.82. The van der Waals surface area contributed by atoms with Gasteiger partial charge in [-0.3, -0.25) is 0 Å². The maximum atomic E-state index is 13.0. The van der Waals surface area contributed by atoms with E-state index in [0.717, 1.165) is 12.3 Å². The molecule has 1 heterocycles. The SMILES string of the molecule is CCOc1ccc(Oc2ncc(F)cc2C(=O)O)cc1. The minimum atomic E-state index is -1.31. The van der Waals surface area contributed by atoms with Gasteiger partial charge in [-0.25, -0.2) is 14.2 Å². The predicted octanol–water partition coefficient (Wildman–Crippen LogP) is 3.11.